The minimum absolute atomic E-state index is 0.0693. The van der Waals surface area contributed by atoms with Crippen LogP contribution in [0, 0.1) is 0 Å². The molecule has 3 N–H and O–H groups in total. The highest BCUT2D eigenvalue weighted by molar-refractivity contribution is 8.23. The summed E-state index contributed by atoms with van der Waals surface area (Å²) in [5, 5.41) is 16.2. The van der Waals surface area contributed by atoms with Crippen molar-refractivity contribution < 1.29 is 19.5 Å². The second kappa shape index (κ2) is 11.4. The lowest BCUT2D eigenvalue weighted by atomic mass is 9.78. The topological polar surface area (TPSA) is 98.7 Å². The van der Waals surface area contributed by atoms with Crippen molar-refractivity contribution in [3.63, 3.8) is 0 Å². The number of carboxylic acid groups (broad SMARTS) is 1. The second-order valence-corrected chi connectivity index (χ2v) is 15.6. The van der Waals surface area contributed by atoms with Crippen LogP contribution in [-0.2, 0) is 20.8 Å². The quantitative estimate of drug-likeness (QED) is 0.225. The molecule has 4 rings (SSSR count). The van der Waals surface area contributed by atoms with E-state index in [1.165, 1.54) is 28.4 Å². The Balaban J connectivity index is 1.56. The maximum Gasteiger partial charge on any atom is 0.331 e. The van der Waals surface area contributed by atoms with E-state index in [1.54, 1.807) is 6.92 Å². The van der Waals surface area contributed by atoms with Crippen LogP contribution in [0.1, 0.15) is 38.2 Å². The van der Waals surface area contributed by atoms with Crippen molar-refractivity contribution in [2.24, 2.45) is 0 Å². The number of hydrogen-bond donors (Lipinski definition) is 3. The first-order valence-electron chi connectivity index (χ1n) is 11.9. The van der Waals surface area contributed by atoms with Gasteiger partial charge < -0.3 is 20.6 Å². The molecule has 3 saturated heterocycles. The highest BCUT2D eigenvalue weighted by Crippen LogP contribution is 2.61. The number of halogens is 3. The van der Waals surface area contributed by atoms with Gasteiger partial charge in [0.05, 0.1) is 15.4 Å². The molecule has 3 aliphatic rings. The van der Waals surface area contributed by atoms with Crippen LogP contribution in [0.3, 0.4) is 0 Å². The smallest absolute Gasteiger partial charge is 0.331 e. The summed E-state index contributed by atoms with van der Waals surface area (Å²) in [5.41, 5.74) is -0.988. The molecule has 4 unspecified atom stereocenters. The number of carbonyl (C=O) groups is 3. The highest BCUT2D eigenvalue weighted by Gasteiger charge is 2.75. The molecule has 0 radical (unpaired) electrons. The largest absolute Gasteiger partial charge is 0.479 e. The van der Waals surface area contributed by atoms with Crippen LogP contribution in [0.15, 0.2) is 30.3 Å². The van der Waals surface area contributed by atoms with Crippen LogP contribution in [0.4, 0.5) is 0 Å². The van der Waals surface area contributed by atoms with E-state index in [1.807, 2.05) is 30.3 Å². The number of hydrogen-bond acceptors (Lipinski definition) is 7. The zero-order chi connectivity index (χ0) is 27.0. The summed E-state index contributed by atoms with van der Waals surface area (Å²) in [6, 6.07) is 8.38. The molecule has 1 aromatic carbocycles. The van der Waals surface area contributed by atoms with Crippen molar-refractivity contribution in [1.82, 2.24) is 15.5 Å². The number of carbonyl (C=O) groups excluding carboxylic acids is 2. The predicted octanol–water partition coefficient (Wildman–Crippen LogP) is 4.17. The average Bonchev–Trinajstić information content (AvgIpc) is 3.07. The Kier molecular flexibility index (Phi) is 9.00. The third-order valence-corrected chi connectivity index (χ3v) is 11.4. The highest BCUT2D eigenvalue weighted by atomic mass is 35.6. The lowest BCUT2D eigenvalue weighted by molar-refractivity contribution is -0.172. The molecule has 0 saturated carbocycles. The van der Waals surface area contributed by atoms with Crippen molar-refractivity contribution in [2.75, 3.05) is 12.3 Å². The van der Waals surface area contributed by atoms with E-state index in [4.69, 9.17) is 47.0 Å². The summed E-state index contributed by atoms with van der Waals surface area (Å²) in [5.74, 6) is -1.77. The van der Waals surface area contributed by atoms with Gasteiger partial charge in [-0.3, -0.25) is 9.59 Å². The SMILES string of the molecule is CC1(CSC(=S)C2CCCCN2)S[C@@H]2C(NC(=O)Cc3ccccc3)C(=O)N2C1(CC(Cl)(Cl)Cl)C(=O)O. The Morgan fingerprint density at radius 1 is 1.30 bits per heavy atom. The van der Waals surface area contributed by atoms with E-state index < -0.39 is 43.8 Å². The predicted molar refractivity (Wildman–Crippen MR) is 155 cm³/mol. The number of benzene rings is 1. The zero-order valence-corrected chi connectivity index (χ0v) is 24.8. The monoisotopic (exact) mass is 623 g/mol. The van der Waals surface area contributed by atoms with Crippen molar-refractivity contribution in [3.8, 4) is 0 Å². The molecule has 3 heterocycles. The molecule has 0 aliphatic carbocycles. The minimum Gasteiger partial charge on any atom is -0.479 e. The van der Waals surface area contributed by atoms with Crippen LogP contribution >= 0.6 is 70.5 Å². The Hall–Kier alpha value is -0.750. The molecule has 7 nitrogen and oxygen atoms in total. The number of carboxylic acids is 1. The van der Waals surface area contributed by atoms with Gasteiger partial charge in [0.2, 0.25) is 11.8 Å². The number of alkyl halides is 3. The van der Waals surface area contributed by atoms with Gasteiger partial charge in [-0.05, 0) is 31.9 Å². The van der Waals surface area contributed by atoms with Gasteiger partial charge in [0.1, 0.15) is 11.4 Å². The number of nitrogens with one attached hydrogen (secondary N) is 2. The Morgan fingerprint density at radius 2 is 2.00 bits per heavy atom. The van der Waals surface area contributed by atoms with Gasteiger partial charge in [-0.2, -0.15) is 0 Å². The fraction of sp³-hybridized carbons (Fsp3) is 0.583. The number of piperidine rings is 1. The standard InChI is InChI=1S/C24H28Cl3N3O4S3/c1-22(13-36-20(35)15-9-5-6-10-28-15)23(21(33)34,12-24(25,26)27)30-18(32)17(19(30)37-22)29-16(31)11-14-7-3-2-4-8-14/h2-4,7-8,15,17,19,28H,5-6,9-13H2,1H3,(H,29,31)(H,33,34)/t15?,17?,19-,22?,23?/m1/s1. The van der Waals surface area contributed by atoms with Crippen molar-refractivity contribution in [1.29, 1.82) is 0 Å². The zero-order valence-electron chi connectivity index (χ0n) is 20.0. The van der Waals surface area contributed by atoms with Gasteiger partial charge in [0.25, 0.3) is 0 Å². The number of thiocarbonyl (C=S) groups is 1. The normalized spacial score (nSPS) is 31.4. The lowest BCUT2D eigenvalue weighted by Crippen LogP contribution is -2.76. The Morgan fingerprint density at radius 3 is 2.59 bits per heavy atom. The third kappa shape index (κ3) is 5.90. The number of amides is 2. The molecule has 2 amide bonds. The van der Waals surface area contributed by atoms with Gasteiger partial charge in [-0.1, -0.05) is 83.8 Å². The van der Waals surface area contributed by atoms with Crippen molar-refractivity contribution in [2.45, 2.75) is 70.6 Å². The molecule has 202 valence electrons. The summed E-state index contributed by atoms with van der Waals surface area (Å²) in [4.78, 5) is 40.3. The minimum atomic E-state index is -1.92. The fourth-order valence-electron chi connectivity index (χ4n) is 5.23. The molecule has 3 fully saturated rings. The molecule has 0 spiro atoms. The molecule has 5 atom stereocenters. The maximum absolute atomic E-state index is 13.4. The van der Waals surface area contributed by atoms with Gasteiger partial charge in [-0.15, -0.1) is 23.5 Å². The summed E-state index contributed by atoms with van der Waals surface area (Å²) in [7, 11) is 0. The molecular formula is C24H28Cl3N3O4S3. The number of aliphatic carboxylic acids is 1. The Bertz CT molecular complexity index is 1070. The van der Waals surface area contributed by atoms with E-state index >= 15 is 0 Å². The fourth-order valence-corrected chi connectivity index (χ4v) is 9.39. The number of β-lactam (4-membered cyclic amide) rings is 1. The molecule has 1 aromatic rings. The summed E-state index contributed by atoms with van der Waals surface area (Å²) >= 11 is 26.9. The third-order valence-electron chi connectivity index (χ3n) is 7.13. The molecular weight excluding hydrogens is 597 g/mol. The first-order chi connectivity index (χ1) is 17.4. The van der Waals surface area contributed by atoms with Gasteiger partial charge in [0, 0.05) is 18.2 Å². The van der Waals surface area contributed by atoms with Crippen LogP contribution in [0.5, 0.6) is 0 Å². The van der Waals surface area contributed by atoms with Gasteiger partial charge >= 0.3 is 5.97 Å². The van der Waals surface area contributed by atoms with E-state index in [0.717, 1.165) is 35.6 Å². The maximum atomic E-state index is 13.4. The van der Waals surface area contributed by atoms with Crippen molar-refractivity contribution >= 4 is 92.5 Å². The number of nitrogens with zero attached hydrogens (tertiary/aromatic N) is 1. The van der Waals surface area contributed by atoms with Crippen LogP contribution in [0.2, 0.25) is 0 Å². The van der Waals surface area contributed by atoms with E-state index in [9.17, 15) is 19.5 Å². The first-order valence-corrected chi connectivity index (χ1v) is 15.3. The van der Waals surface area contributed by atoms with Crippen LogP contribution in [0.25, 0.3) is 0 Å². The summed E-state index contributed by atoms with van der Waals surface area (Å²) < 4.78 is -2.22. The van der Waals surface area contributed by atoms with E-state index in [-0.39, 0.29) is 18.4 Å². The van der Waals surface area contributed by atoms with Crippen LogP contribution < -0.4 is 10.6 Å². The van der Waals surface area contributed by atoms with Gasteiger partial charge in [-0.25, -0.2) is 4.79 Å². The number of rotatable bonds is 8. The molecule has 3 aliphatic heterocycles. The molecule has 0 aromatic heterocycles. The second-order valence-electron chi connectivity index (χ2n) is 9.72. The van der Waals surface area contributed by atoms with E-state index in [2.05, 4.69) is 10.6 Å². The van der Waals surface area contributed by atoms with Crippen LogP contribution in [-0.4, -0.2) is 75.8 Å². The van der Waals surface area contributed by atoms with Gasteiger partial charge in [0.15, 0.2) is 9.33 Å². The molecule has 13 heteroatoms. The summed E-state index contributed by atoms with van der Waals surface area (Å²) in [6.45, 7) is 2.67. The molecule has 0 bridgehead atoms. The molecule has 37 heavy (non-hydrogen) atoms. The Labute approximate surface area is 245 Å². The summed E-state index contributed by atoms with van der Waals surface area (Å²) in [6.07, 6.45) is 2.81. The van der Waals surface area contributed by atoms with E-state index in [0.29, 0.717) is 5.75 Å². The number of thioether (sulfide) groups is 2. The number of fused-ring (bicyclic) bond motifs is 1. The lowest BCUT2D eigenvalue weighted by Gasteiger charge is -2.51. The average molecular weight is 625 g/mol. The first kappa shape index (κ1) is 29.2. The van der Waals surface area contributed by atoms with Crippen molar-refractivity contribution in [3.05, 3.63) is 35.9 Å².